The molecule has 2 aromatic rings. The summed E-state index contributed by atoms with van der Waals surface area (Å²) in [6.45, 7) is 2.36. The highest BCUT2D eigenvalue weighted by molar-refractivity contribution is 7.17. The molecule has 2 aromatic heterocycles. The fraction of sp³-hybridized carbons (Fsp3) is 0.308. The number of rotatable bonds is 5. The second-order valence-corrected chi connectivity index (χ2v) is 5.77. The molecule has 8 nitrogen and oxygen atoms in total. The number of aliphatic carboxylic acids is 1. The fourth-order valence-electron chi connectivity index (χ4n) is 1.52. The molecule has 0 saturated heterocycles. The third kappa shape index (κ3) is 3.43. The maximum Gasteiger partial charge on any atom is 0.337 e. The van der Waals surface area contributed by atoms with Crippen LogP contribution in [0, 0.1) is 6.92 Å². The van der Waals surface area contributed by atoms with Gasteiger partial charge < -0.3 is 15.5 Å². The van der Waals surface area contributed by atoms with Crippen molar-refractivity contribution in [3.8, 4) is 10.8 Å². The summed E-state index contributed by atoms with van der Waals surface area (Å²) >= 11 is 1.10. The summed E-state index contributed by atoms with van der Waals surface area (Å²) in [6, 6.07) is 1.67. The van der Waals surface area contributed by atoms with Crippen LogP contribution in [0.1, 0.15) is 22.3 Å². The lowest BCUT2D eigenvalue weighted by Gasteiger charge is -2.17. The first kappa shape index (κ1) is 16.0. The molecule has 3 N–H and O–H groups in total. The SMILES string of the molecule is Cc1nc(-c2ncccn2)sc1C(=O)NCC(C)(O)C(=O)O. The van der Waals surface area contributed by atoms with Gasteiger partial charge in [-0.2, -0.15) is 0 Å². The van der Waals surface area contributed by atoms with Crippen LogP contribution in [0.15, 0.2) is 18.5 Å². The molecule has 0 spiro atoms. The Bertz CT molecular complexity index is 699. The van der Waals surface area contributed by atoms with Crippen molar-refractivity contribution in [2.24, 2.45) is 0 Å². The first-order valence-electron chi connectivity index (χ1n) is 6.30. The van der Waals surface area contributed by atoms with E-state index < -0.39 is 24.0 Å². The Kier molecular flexibility index (Phi) is 4.48. The molecule has 1 atom stereocenters. The molecular formula is C13H14N4O4S. The largest absolute Gasteiger partial charge is 0.479 e. The number of nitrogens with zero attached hydrogens (tertiary/aromatic N) is 3. The maximum absolute atomic E-state index is 12.1. The minimum absolute atomic E-state index is 0.323. The molecule has 1 unspecified atom stereocenters. The number of aliphatic hydroxyl groups is 1. The summed E-state index contributed by atoms with van der Waals surface area (Å²) < 4.78 is 0. The second kappa shape index (κ2) is 6.16. The van der Waals surface area contributed by atoms with E-state index in [9.17, 15) is 14.7 Å². The van der Waals surface area contributed by atoms with Crippen molar-refractivity contribution in [3.63, 3.8) is 0 Å². The highest BCUT2D eigenvalue weighted by Crippen LogP contribution is 2.25. The van der Waals surface area contributed by atoms with Crippen LogP contribution < -0.4 is 5.32 Å². The molecule has 0 aliphatic heterocycles. The predicted molar refractivity (Wildman–Crippen MR) is 78.5 cm³/mol. The zero-order valence-corrected chi connectivity index (χ0v) is 12.7. The van der Waals surface area contributed by atoms with Crippen LogP contribution in [0.3, 0.4) is 0 Å². The molecule has 0 aliphatic rings. The molecule has 0 saturated carbocycles. The number of carbonyl (C=O) groups excluding carboxylic acids is 1. The average molecular weight is 322 g/mol. The van der Waals surface area contributed by atoms with E-state index in [1.165, 1.54) is 0 Å². The Morgan fingerprint density at radius 2 is 2.00 bits per heavy atom. The Morgan fingerprint density at radius 1 is 1.36 bits per heavy atom. The van der Waals surface area contributed by atoms with Gasteiger partial charge in [0.15, 0.2) is 16.4 Å². The van der Waals surface area contributed by atoms with Gasteiger partial charge in [-0.05, 0) is 19.9 Å². The van der Waals surface area contributed by atoms with Crippen LogP contribution in [-0.2, 0) is 4.79 Å². The lowest BCUT2D eigenvalue weighted by atomic mass is 10.1. The van der Waals surface area contributed by atoms with Crippen molar-refractivity contribution in [2.75, 3.05) is 6.54 Å². The smallest absolute Gasteiger partial charge is 0.337 e. The molecule has 2 rings (SSSR count). The summed E-state index contributed by atoms with van der Waals surface area (Å²) in [4.78, 5) is 35.6. The normalized spacial score (nSPS) is 13.4. The van der Waals surface area contributed by atoms with Gasteiger partial charge in [-0.1, -0.05) is 0 Å². The number of nitrogens with one attached hydrogen (secondary N) is 1. The number of carboxylic acid groups (broad SMARTS) is 1. The van der Waals surface area contributed by atoms with Crippen LogP contribution in [-0.4, -0.2) is 49.2 Å². The summed E-state index contributed by atoms with van der Waals surface area (Å²) in [5, 5.41) is 21.3. The van der Waals surface area contributed by atoms with E-state index in [1.54, 1.807) is 25.4 Å². The van der Waals surface area contributed by atoms with E-state index in [0.717, 1.165) is 18.3 Å². The zero-order valence-electron chi connectivity index (χ0n) is 11.9. The van der Waals surface area contributed by atoms with Crippen molar-refractivity contribution in [1.82, 2.24) is 20.3 Å². The predicted octanol–water partition coefficient (Wildman–Crippen LogP) is 0.474. The third-order valence-corrected chi connectivity index (χ3v) is 3.97. The van der Waals surface area contributed by atoms with Gasteiger partial charge in [0.05, 0.1) is 12.2 Å². The van der Waals surface area contributed by atoms with E-state index in [0.29, 0.717) is 21.4 Å². The molecule has 22 heavy (non-hydrogen) atoms. The quantitative estimate of drug-likeness (QED) is 0.730. The summed E-state index contributed by atoms with van der Waals surface area (Å²) in [7, 11) is 0. The Morgan fingerprint density at radius 3 is 2.59 bits per heavy atom. The lowest BCUT2D eigenvalue weighted by Crippen LogP contribution is -2.46. The number of hydrogen-bond donors (Lipinski definition) is 3. The number of thiazole rings is 1. The maximum atomic E-state index is 12.1. The summed E-state index contributed by atoms with van der Waals surface area (Å²) in [5.74, 6) is -1.50. The highest BCUT2D eigenvalue weighted by Gasteiger charge is 2.31. The molecule has 9 heteroatoms. The van der Waals surface area contributed by atoms with Gasteiger partial charge in [0.2, 0.25) is 0 Å². The average Bonchev–Trinajstić information content (AvgIpc) is 2.88. The Labute approximate surface area is 129 Å². The molecular weight excluding hydrogens is 308 g/mol. The van der Waals surface area contributed by atoms with E-state index in [2.05, 4.69) is 20.3 Å². The third-order valence-electron chi connectivity index (χ3n) is 2.81. The number of carboxylic acids is 1. The molecule has 0 aromatic carbocycles. The number of aryl methyl sites for hydroxylation is 1. The lowest BCUT2D eigenvalue weighted by molar-refractivity contribution is -0.155. The van der Waals surface area contributed by atoms with Gasteiger partial charge in [-0.15, -0.1) is 11.3 Å². The van der Waals surface area contributed by atoms with Crippen molar-refractivity contribution < 1.29 is 19.8 Å². The van der Waals surface area contributed by atoms with Gasteiger partial charge in [-0.3, -0.25) is 4.79 Å². The van der Waals surface area contributed by atoms with Gasteiger partial charge in [0.25, 0.3) is 5.91 Å². The van der Waals surface area contributed by atoms with Crippen molar-refractivity contribution in [2.45, 2.75) is 19.4 Å². The van der Waals surface area contributed by atoms with Crippen molar-refractivity contribution >= 4 is 23.2 Å². The second-order valence-electron chi connectivity index (χ2n) is 4.77. The van der Waals surface area contributed by atoms with E-state index in [1.807, 2.05) is 0 Å². The van der Waals surface area contributed by atoms with E-state index in [-0.39, 0.29) is 0 Å². The monoisotopic (exact) mass is 322 g/mol. The molecule has 1 amide bonds. The van der Waals surface area contributed by atoms with Crippen LogP contribution in [0.4, 0.5) is 0 Å². The zero-order chi connectivity index (χ0) is 16.3. The van der Waals surface area contributed by atoms with Gasteiger partial charge >= 0.3 is 5.97 Å². The van der Waals surface area contributed by atoms with Crippen LogP contribution >= 0.6 is 11.3 Å². The standard InChI is InChI=1S/C13H14N4O4S/c1-7-8(10(18)16-6-13(2,21)12(19)20)22-11(17-7)9-14-4-3-5-15-9/h3-5,21H,6H2,1-2H3,(H,16,18)(H,19,20). The van der Waals surface area contributed by atoms with Crippen LogP contribution in [0.2, 0.25) is 0 Å². The van der Waals surface area contributed by atoms with E-state index >= 15 is 0 Å². The first-order chi connectivity index (χ1) is 10.3. The molecule has 116 valence electrons. The van der Waals surface area contributed by atoms with Crippen LogP contribution in [0.5, 0.6) is 0 Å². The first-order valence-corrected chi connectivity index (χ1v) is 7.11. The van der Waals surface area contributed by atoms with Gasteiger partial charge in [0, 0.05) is 12.4 Å². The summed E-state index contributed by atoms with van der Waals surface area (Å²) in [6.07, 6.45) is 3.14. The highest BCUT2D eigenvalue weighted by atomic mass is 32.1. The molecule has 0 radical (unpaired) electrons. The molecule has 2 heterocycles. The number of aromatic nitrogens is 3. The number of amides is 1. The van der Waals surface area contributed by atoms with Crippen LogP contribution in [0.25, 0.3) is 10.8 Å². The number of carbonyl (C=O) groups is 2. The van der Waals surface area contributed by atoms with E-state index in [4.69, 9.17) is 5.11 Å². The Hall–Kier alpha value is -2.39. The molecule has 0 aliphatic carbocycles. The minimum atomic E-state index is -2.03. The van der Waals surface area contributed by atoms with Crippen molar-refractivity contribution in [1.29, 1.82) is 0 Å². The topological polar surface area (TPSA) is 125 Å². The Balaban J connectivity index is 2.15. The minimum Gasteiger partial charge on any atom is -0.479 e. The van der Waals surface area contributed by atoms with Gasteiger partial charge in [0.1, 0.15) is 4.88 Å². The fourth-order valence-corrected chi connectivity index (χ4v) is 2.45. The number of hydrogen-bond acceptors (Lipinski definition) is 7. The molecule has 0 bridgehead atoms. The molecule has 0 fully saturated rings. The summed E-state index contributed by atoms with van der Waals surface area (Å²) in [5.41, 5.74) is -1.54. The van der Waals surface area contributed by atoms with Crippen molar-refractivity contribution in [3.05, 3.63) is 29.0 Å². The van der Waals surface area contributed by atoms with Gasteiger partial charge in [-0.25, -0.2) is 19.7 Å².